The number of carbonyl (C=O) groups excluding carboxylic acids is 3. The van der Waals surface area contributed by atoms with Gasteiger partial charge in [0.2, 0.25) is 5.91 Å². The molecule has 5 unspecified atom stereocenters. The molecule has 1 fully saturated rings. The fraction of sp³-hybridized carbons (Fsp3) is 0.522. The number of hydrogen-bond donors (Lipinski definition) is 1. The van der Waals surface area contributed by atoms with Crippen molar-refractivity contribution in [2.24, 2.45) is 0 Å². The maximum Gasteiger partial charge on any atom is 0.303 e. The van der Waals surface area contributed by atoms with E-state index in [1.165, 1.54) is 20.8 Å². The molecule has 1 N–H and O–H groups in total. The molecule has 11 heteroatoms. The minimum absolute atomic E-state index is 0.190. The van der Waals surface area contributed by atoms with E-state index in [9.17, 15) is 14.4 Å². The maximum atomic E-state index is 11.9. The summed E-state index contributed by atoms with van der Waals surface area (Å²) in [5.41, 5.74) is 2.64. The molecular formula is C23H31N5O6. The first-order valence-electron chi connectivity index (χ1n) is 11.0. The highest BCUT2D eigenvalue weighted by molar-refractivity contribution is 5.73. The minimum Gasteiger partial charge on any atom is -0.456 e. The average Bonchev–Trinajstić information content (AvgIpc) is 3.21. The highest BCUT2D eigenvalue weighted by Crippen LogP contribution is 2.28. The van der Waals surface area contributed by atoms with Gasteiger partial charge >= 0.3 is 11.9 Å². The zero-order valence-corrected chi connectivity index (χ0v) is 20.2. The minimum atomic E-state index is -0.957. The van der Waals surface area contributed by atoms with Gasteiger partial charge in [0.15, 0.2) is 12.2 Å². The molecule has 2 heterocycles. The van der Waals surface area contributed by atoms with Crippen molar-refractivity contribution < 1.29 is 28.6 Å². The monoisotopic (exact) mass is 473 g/mol. The van der Waals surface area contributed by atoms with Crippen molar-refractivity contribution in [1.29, 1.82) is 0 Å². The fourth-order valence-corrected chi connectivity index (χ4v) is 4.00. The van der Waals surface area contributed by atoms with Gasteiger partial charge in [0.1, 0.15) is 11.8 Å². The van der Waals surface area contributed by atoms with Crippen molar-refractivity contribution in [2.75, 3.05) is 19.0 Å². The SMILES string of the molecule is CC(=O)NC1C(C)OC(Cn2cc(-c3ccc(N(C)C)cc3)nn2)C(OC(C)=O)C1OC(C)=O. The van der Waals surface area contributed by atoms with Gasteiger partial charge in [0.25, 0.3) is 0 Å². The van der Waals surface area contributed by atoms with Gasteiger partial charge in [-0.05, 0) is 19.1 Å². The van der Waals surface area contributed by atoms with Crippen molar-refractivity contribution >= 4 is 23.5 Å². The Bertz CT molecular complexity index is 1020. The molecule has 1 aliphatic heterocycles. The van der Waals surface area contributed by atoms with Crippen LogP contribution in [0.1, 0.15) is 27.7 Å². The number of benzene rings is 1. The van der Waals surface area contributed by atoms with Gasteiger partial charge < -0.3 is 24.4 Å². The smallest absolute Gasteiger partial charge is 0.303 e. The molecule has 3 rings (SSSR count). The van der Waals surface area contributed by atoms with Gasteiger partial charge in [-0.2, -0.15) is 0 Å². The number of hydrogen-bond acceptors (Lipinski definition) is 9. The van der Waals surface area contributed by atoms with E-state index in [0.29, 0.717) is 5.69 Å². The Morgan fingerprint density at radius 1 is 1.06 bits per heavy atom. The summed E-state index contributed by atoms with van der Waals surface area (Å²) in [5.74, 6) is -1.44. The summed E-state index contributed by atoms with van der Waals surface area (Å²) in [6, 6.07) is 7.20. The highest BCUT2D eigenvalue weighted by atomic mass is 16.6. The number of carbonyl (C=O) groups is 3. The van der Waals surface area contributed by atoms with Gasteiger partial charge in [0.05, 0.1) is 24.9 Å². The van der Waals surface area contributed by atoms with Crippen LogP contribution in [0.2, 0.25) is 0 Å². The van der Waals surface area contributed by atoms with Crippen molar-refractivity contribution in [3.05, 3.63) is 30.5 Å². The summed E-state index contributed by atoms with van der Waals surface area (Å²) in [4.78, 5) is 37.4. The van der Waals surface area contributed by atoms with Gasteiger partial charge in [-0.3, -0.25) is 14.4 Å². The Labute approximate surface area is 198 Å². The van der Waals surface area contributed by atoms with Gasteiger partial charge in [-0.1, -0.05) is 17.3 Å². The van der Waals surface area contributed by atoms with E-state index >= 15 is 0 Å². The Morgan fingerprint density at radius 2 is 1.68 bits per heavy atom. The van der Waals surface area contributed by atoms with Crippen LogP contribution >= 0.6 is 0 Å². The second-order valence-electron chi connectivity index (χ2n) is 8.52. The van der Waals surface area contributed by atoms with Crippen LogP contribution in [0.15, 0.2) is 30.5 Å². The van der Waals surface area contributed by atoms with Crippen molar-refractivity contribution in [3.63, 3.8) is 0 Å². The first-order chi connectivity index (χ1) is 16.0. The van der Waals surface area contributed by atoms with Crippen molar-refractivity contribution in [3.8, 4) is 11.3 Å². The van der Waals surface area contributed by atoms with Crippen LogP contribution in [-0.2, 0) is 35.1 Å². The lowest BCUT2D eigenvalue weighted by molar-refractivity contribution is -0.215. The first-order valence-corrected chi connectivity index (χ1v) is 11.0. The predicted molar refractivity (Wildman–Crippen MR) is 123 cm³/mol. The Morgan fingerprint density at radius 3 is 2.24 bits per heavy atom. The lowest BCUT2D eigenvalue weighted by Crippen LogP contribution is -2.65. The molecule has 1 aromatic heterocycles. The van der Waals surface area contributed by atoms with Crippen molar-refractivity contribution in [2.45, 2.75) is 64.7 Å². The lowest BCUT2D eigenvalue weighted by Gasteiger charge is -2.44. The van der Waals surface area contributed by atoms with Crippen LogP contribution in [0.3, 0.4) is 0 Å². The number of esters is 2. The van der Waals surface area contributed by atoms with Crippen LogP contribution in [-0.4, -0.2) is 77.4 Å². The largest absolute Gasteiger partial charge is 0.456 e. The molecule has 5 atom stereocenters. The molecule has 1 amide bonds. The number of nitrogens with zero attached hydrogens (tertiary/aromatic N) is 4. The van der Waals surface area contributed by atoms with Crippen LogP contribution < -0.4 is 10.2 Å². The maximum absolute atomic E-state index is 11.9. The predicted octanol–water partition coefficient (Wildman–Crippen LogP) is 1.17. The highest BCUT2D eigenvalue weighted by Gasteiger charge is 2.49. The van der Waals surface area contributed by atoms with Crippen molar-refractivity contribution in [1.82, 2.24) is 20.3 Å². The zero-order chi connectivity index (χ0) is 25.0. The molecule has 11 nitrogen and oxygen atoms in total. The third-order valence-corrected chi connectivity index (χ3v) is 5.50. The molecule has 34 heavy (non-hydrogen) atoms. The van der Waals surface area contributed by atoms with Crippen LogP contribution in [0.5, 0.6) is 0 Å². The summed E-state index contributed by atoms with van der Waals surface area (Å²) in [7, 11) is 3.94. The third kappa shape index (κ3) is 6.10. The summed E-state index contributed by atoms with van der Waals surface area (Å²) >= 11 is 0. The Kier molecular flexibility index (Phi) is 7.87. The Balaban J connectivity index is 1.85. The molecular weight excluding hydrogens is 442 g/mol. The molecule has 1 aromatic carbocycles. The first kappa shape index (κ1) is 25.2. The van der Waals surface area contributed by atoms with E-state index in [1.807, 2.05) is 43.3 Å². The van der Waals surface area contributed by atoms with Gasteiger partial charge in [-0.15, -0.1) is 5.10 Å². The molecule has 2 aromatic rings. The lowest BCUT2D eigenvalue weighted by atomic mass is 9.92. The number of nitrogens with one attached hydrogen (secondary N) is 1. The summed E-state index contributed by atoms with van der Waals surface area (Å²) in [6.07, 6.45) is -1.34. The Hall–Kier alpha value is -3.47. The second-order valence-corrected chi connectivity index (χ2v) is 8.52. The quantitative estimate of drug-likeness (QED) is 0.590. The van der Waals surface area contributed by atoms with Crippen LogP contribution in [0.25, 0.3) is 11.3 Å². The van der Waals surface area contributed by atoms with E-state index in [-0.39, 0.29) is 12.5 Å². The van der Waals surface area contributed by atoms with E-state index in [2.05, 4.69) is 15.6 Å². The number of rotatable bonds is 7. The molecule has 184 valence electrons. The molecule has 0 saturated carbocycles. The number of ether oxygens (including phenoxy) is 3. The molecule has 0 aliphatic carbocycles. The number of amides is 1. The van der Waals surface area contributed by atoms with E-state index in [4.69, 9.17) is 14.2 Å². The number of aromatic nitrogens is 3. The molecule has 1 saturated heterocycles. The normalized spacial score (nSPS) is 24.2. The third-order valence-electron chi connectivity index (χ3n) is 5.50. The van der Waals surface area contributed by atoms with Crippen LogP contribution in [0.4, 0.5) is 5.69 Å². The molecule has 1 aliphatic rings. The van der Waals surface area contributed by atoms with Gasteiger partial charge in [0, 0.05) is 46.1 Å². The summed E-state index contributed by atoms with van der Waals surface area (Å²) in [5, 5.41) is 11.2. The molecule has 0 spiro atoms. The topological polar surface area (TPSA) is 125 Å². The fourth-order valence-electron chi connectivity index (χ4n) is 4.00. The second kappa shape index (κ2) is 10.6. The molecule has 0 radical (unpaired) electrons. The van der Waals surface area contributed by atoms with E-state index < -0.39 is 42.4 Å². The average molecular weight is 474 g/mol. The zero-order valence-electron chi connectivity index (χ0n) is 20.2. The van der Waals surface area contributed by atoms with Crippen LogP contribution in [0, 0.1) is 0 Å². The standard InChI is InChI=1S/C23H31N5O6/c1-13-21(24-14(2)29)23(34-16(4)31)22(33-15(3)30)20(32-13)12-28-11-19(25-26-28)17-7-9-18(10-8-17)27(5)6/h7-11,13,20-23H,12H2,1-6H3,(H,24,29). The summed E-state index contributed by atoms with van der Waals surface area (Å²) < 4.78 is 18.7. The molecule has 0 bridgehead atoms. The summed E-state index contributed by atoms with van der Waals surface area (Å²) in [6.45, 7) is 5.82. The van der Waals surface area contributed by atoms with Gasteiger partial charge in [-0.25, -0.2) is 4.68 Å². The number of anilines is 1. The van der Waals surface area contributed by atoms with E-state index in [0.717, 1.165) is 11.3 Å². The van der Waals surface area contributed by atoms with E-state index in [1.54, 1.807) is 17.8 Å².